The molecule has 0 aliphatic rings. The minimum Gasteiger partial charge on any atom is -0.376 e. The largest absolute Gasteiger partial charge is 0.416 e. The van der Waals surface area contributed by atoms with Crippen molar-refractivity contribution in [2.45, 2.75) is 12.3 Å². The number of aliphatic hydroxyl groups is 1. The number of aliphatic hydroxyl groups excluding tert-OH is 1. The number of benzene rings is 1. The Kier molecular flexibility index (Phi) is 3.93. The quantitative estimate of drug-likeness (QED) is 0.788. The van der Waals surface area contributed by atoms with Gasteiger partial charge in [0.25, 0.3) is 0 Å². The van der Waals surface area contributed by atoms with Crippen LogP contribution in [0.15, 0.2) is 41.8 Å². The molecular formula is C14H9F3OS. The molecule has 1 unspecified atom stereocenters. The van der Waals surface area contributed by atoms with E-state index in [1.165, 1.54) is 23.5 Å². The van der Waals surface area contributed by atoms with E-state index in [1.807, 2.05) is 11.4 Å². The molecule has 1 aromatic carbocycles. The zero-order valence-electron chi connectivity index (χ0n) is 9.61. The van der Waals surface area contributed by atoms with Gasteiger partial charge < -0.3 is 5.11 Å². The third-order valence-electron chi connectivity index (χ3n) is 2.41. The van der Waals surface area contributed by atoms with Crippen LogP contribution < -0.4 is 0 Å². The van der Waals surface area contributed by atoms with E-state index in [2.05, 4.69) is 11.8 Å². The summed E-state index contributed by atoms with van der Waals surface area (Å²) in [6.07, 6.45) is -5.46. The smallest absolute Gasteiger partial charge is 0.376 e. The van der Waals surface area contributed by atoms with Gasteiger partial charge in [-0.05, 0) is 29.1 Å². The number of alkyl halides is 3. The molecule has 1 nitrogen and oxygen atoms in total. The Labute approximate surface area is 112 Å². The van der Waals surface area contributed by atoms with Gasteiger partial charge in [0.15, 0.2) is 0 Å². The fraction of sp³-hybridized carbons (Fsp3) is 0.143. The van der Waals surface area contributed by atoms with E-state index in [1.54, 1.807) is 6.07 Å². The second kappa shape index (κ2) is 5.47. The van der Waals surface area contributed by atoms with Crippen molar-refractivity contribution in [2.24, 2.45) is 0 Å². The van der Waals surface area contributed by atoms with Crippen molar-refractivity contribution < 1.29 is 18.3 Å². The Morgan fingerprint density at radius 1 is 1.11 bits per heavy atom. The van der Waals surface area contributed by atoms with Crippen molar-refractivity contribution >= 4 is 11.3 Å². The highest BCUT2D eigenvalue weighted by Gasteiger charge is 2.30. The van der Waals surface area contributed by atoms with E-state index >= 15 is 0 Å². The molecule has 98 valence electrons. The van der Waals surface area contributed by atoms with Gasteiger partial charge >= 0.3 is 6.18 Å². The fourth-order valence-corrected chi connectivity index (χ4v) is 2.01. The summed E-state index contributed by atoms with van der Waals surface area (Å²) in [6.45, 7) is 0. The van der Waals surface area contributed by atoms with Gasteiger partial charge in [-0.3, -0.25) is 0 Å². The van der Waals surface area contributed by atoms with Gasteiger partial charge in [-0.15, -0.1) is 11.3 Å². The van der Waals surface area contributed by atoms with Crippen molar-refractivity contribution in [1.29, 1.82) is 0 Å². The normalized spacial score (nSPS) is 12.6. The molecule has 0 bridgehead atoms. The van der Waals surface area contributed by atoms with Crippen LogP contribution in [0.25, 0.3) is 0 Å². The summed E-state index contributed by atoms with van der Waals surface area (Å²) in [5, 5.41) is 11.6. The molecule has 2 rings (SSSR count). The van der Waals surface area contributed by atoms with Crippen LogP contribution in [-0.4, -0.2) is 5.11 Å². The highest BCUT2D eigenvalue weighted by atomic mass is 32.1. The second-order valence-corrected chi connectivity index (χ2v) is 4.72. The zero-order chi connectivity index (χ0) is 13.9. The lowest BCUT2D eigenvalue weighted by Gasteiger charge is -2.08. The van der Waals surface area contributed by atoms with Gasteiger partial charge in [-0.25, -0.2) is 0 Å². The molecule has 0 amide bonds. The van der Waals surface area contributed by atoms with Crippen LogP contribution >= 0.6 is 11.3 Å². The van der Waals surface area contributed by atoms with E-state index in [0.717, 1.165) is 17.0 Å². The summed E-state index contributed by atoms with van der Waals surface area (Å²) in [5.74, 6) is 5.36. The number of thiophene rings is 1. The molecule has 0 radical (unpaired) electrons. The van der Waals surface area contributed by atoms with E-state index in [-0.39, 0.29) is 0 Å². The Hall–Kier alpha value is -1.77. The summed E-state index contributed by atoms with van der Waals surface area (Å²) >= 11 is 1.43. The average molecular weight is 282 g/mol. The average Bonchev–Trinajstić information content (AvgIpc) is 2.88. The lowest BCUT2D eigenvalue weighted by atomic mass is 10.1. The van der Waals surface area contributed by atoms with Crippen LogP contribution in [0.3, 0.4) is 0 Å². The van der Waals surface area contributed by atoms with Crippen molar-refractivity contribution in [2.75, 3.05) is 0 Å². The summed E-state index contributed by atoms with van der Waals surface area (Å²) in [6, 6.07) is 7.97. The van der Waals surface area contributed by atoms with Gasteiger partial charge in [-0.1, -0.05) is 30.0 Å². The lowest BCUT2D eigenvalue weighted by Crippen LogP contribution is -2.05. The third kappa shape index (κ3) is 3.60. The minimum atomic E-state index is -4.37. The first-order valence-corrected chi connectivity index (χ1v) is 6.25. The maximum absolute atomic E-state index is 12.4. The summed E-state index contributed by atoms with van der Waals surface area (Å²) in [5.41, 5.74) is -0.397. The van der Waals surface area contributed by atoms with Gasteiger partial charge in [0.05, 0.1) is 10.4 Å². The van der Waals surface area contributed by atoms with E-state index in [0.29, 0.717) is 5.56 Å². The molecular weight excluding hydrogens is 273 g/mol. The van der Waals surface area contributed by atoms with E-state index in [4.69, 9.17) is 0 Å². The Morgan fingerprint density at radius 2 is 1.79 bits per heavy atom. The predicted molar refractivity (Wildman–Crippen MR) is 67.6 cm³/mol. The van der Waals surface area contributed by atoms with Gasteiger partial charge in [0, 0.05) is 0 Å². The number of hydrogen-bond donors (Lipinski definition) is 1. The van der Waals surface area contributed by atoms with Crippen LogP contribution in [0.2, 0.25) is 0 Å². The number of hydrogen-bond acceptors (Lipinski definition) is 2. The molecule has 0 aliphatic carbocycles. The molecule has 0 spiro atoms. The van der Waals surface area contributed by atoms with Crippen molar-refractivity contribution in [3.63, 3.8) is 0 Å². The Bertz CT molecular complexity index is 588. The first kappa shape index (κ1) is 13.7. The number of halogens is 3. The molecule has 1 N–H and O–H groups in total. The predicted octanol–water partition coefficient (Wildman–Crippen LogP) is 3.85. The monoisotopic (exact) mass is 282 g/mol. The molecule has 0 saturated carbocycles. The second-order valence-electron chi connectivity index (χ2n) is 3.77. The molecule has 19 heavy (non-hydrogen) atoms. The molecule has 1 aromatic heterocycles. The highest BCUT2D eigenvalue weighted by Crippen LogP contribution is 2.29. The summed E-state index contributed by atoms with van der Waals surface area (Å²) < 4.78 is 37.1. The molecule has 5 heteroatoms. The maximum atomic E-state index is 12.4. The fourth-order valence-electron chi connectivity index (χ4n) is 1.43. The van der Waals surface area contributed by atoms with E-state index < -0.39 is 17.8 Å². The van der Waals surface area contributed by atoms with Crippen LogP contribution in [0, 0.1) is 11.8 Å². The summed E-state index contributed by atoms with van der Waals surface area (Å²) in [7, 11) is 0. The molecule has 2 aromatic rings. The standard InChI is InChI=1S/C14H9F3OS/c15-14(16,17)11-5-3-10(4-6-11)13(18)8-7-12-2-1-9-19-12/h1-6,9,13,18H. The molecule has 0 fully saturated rings. The van der Waals surface area contributed by atoms with Crippen LogP contribution in [0.1, 0.15) is 22.1 Å². The molecule has 1 atom stereocenters. The van der Waals surface area contributed by atoms with Gasteiger partial charge in [0.2, 0.25) is 0 Å². The number of rotatable bonds is 1. The first-order valence-electron chi connectivity index (χ1n) is 5.37. The third-order valence-corrected chi connectivity index (χ3v) is 3.19. The molecule has 1 heterocycles. The minimum absolute atomic E-state index is 0.344. The van der Waals surface area contributed by atoms with Crippen LogP contribution in [0.4, 0.5) is 13.2 Å². The van der Waals surface area contributed by atoms with Crippen LogP contribution in [0.5, 0.6) is 0 Å². The topological polar surface area (TPSA) is 20.2 Å². The zero-order valence-corrected chi connectivity index (χ0v) is 10.4. The highest BCUT2D eigenvalue weighted by molar-refractivity contribution is 7.10. The van der Waals surface area contributed by atoms with Gasteiger partial charge in [0.1, 0.15) is 6.10 Å². The van der Waals surface area contributed by atoms with Crippen molar-refractivity contribution in [1.82, 2.24) is 0 Å². The maximum Gasteiger partial charge on any atom is 0.416 e. The lowest BCUT2D eigenvalue weighted by molar-refractivity contribution is -0.137. The van der Waals surface area contributed by atoms with Crippen LogP contribution in [-0.2, 0) is 6.18 Å². The molecule has 0 aliphatic heterocycles. The van der Waals surface area contributed by atoms with Crippen molar-refractivity contribution in [3.05, 3.63) is 57.8 Å². The Balaban J connectivity index is 2.14. The SMILES string of the molecule is OC(C#Cc1cccs1)c1ccc(C(F)(F)F)cc1. The van der Waals surface area contributed by atoms with E-state index in [9.17, 15) is 18.3 Å². The van der Waals surface area contributed by atoms with Crippen molar-refractivity contribution in [3.8, 4) is 11.8 Å². The Morgan fingerprint density at radius 3 is 2.32 bits per heavy atom. The summed E-state index contributed by atoms with van der Waals surface area (Å²) in [4.78, 5) is 0.797. The first-order chi connectivity index (χ1) is 8.97. The molecule has 0 saturated heterocycles. The van der Waals surface area contributed by atoms with Gasteiger partial charge in [-0.2, -0.15) is 13.2 Å².